The summed E-state index contributed by atoms with van der Waals surface area (Å²) in [5, 5.41) is 9.94. The van der Waals surface area contributed by atoms with Crippen LogP contribution in [0, 0.1) is 6.92 Å². The van der Waals surface area contributed by atoms with E-state index in [1.807, 2.05) is 18.2 Å². The number of rotatable bonds is 9. The Kier molecular flexibility index (Phi) is 6.68. The summed E-state index contributed by atoms with van der Waals surface area (Å²) in [4.78, 5) is 2.25. The first-order chi connectivity index (χ1) is 11.6. The van der Waals surface area contributed by atoms with Crippen LogP contribution in [0.5, 0.6) is 5.75 Å². The molecule has 24 heavy (non-hydrogen) atoms. The Morgan fingerprint density at radius 1 is 1.00 bits per heavy atom. The van der Waals surface area contributed by atoms with Crippen molar-refractivity contribution in [2.24, 2.45) is 0 Å². The zero-order valence-corrected chi connectivity index (χ0v) is 14.5. The van der Waals surface area contributed by atoms with E-state index in [0.717, 1.165) is 37.9 Å². The molecule has 2 rings (SSSR count). The van der Waals surface area contributed by atoms with Gasteiger partial charge in [0.1, 0.15) is 5.75 Å². The number of phenols is 1. The van der Waals surface area contributed by atoms with Crippen LogP contribution in [0.3, 0.4) is 0 Å². The topological polar surface area (TPSA) is 23.5 Å². The van der Waals surface area contributed by atoms with Crippen molar-refractivity contribution in [3.8, 4) is 5.75 Å². The van der Waals surface area contributed by atoms with Crippen LogP contribution in [0.25, 0.3) is 0 Å². The van der Waals surface area contributed by atoms with Crippen molar-refractivity contribution in [1.29, 1.82) is 0 Å². The van der Waals surface area contributed by atoms with Crippen molar-refractivity contribution in [2.75, 3.05) is 18.0 Å². The maximum absolute atomic E-state index is 9.94. The molecule has 1 N–H and O–H groups in total. The first kappa shape index (κ1) is 17.9. The molecule has 0 unspecified atom stereocenters. The second kappa shape index (κ2) is 8.97. The Morgan fingerprint density at radius 3 is 2.46 bits per heavy atom. The van der Waals surface area contributed by atoms with Gasteiger partial charge in [-0.05, 0) is 55.5 Å². The highest BCUT2D eigenvalue weighted by Crippen LogP contribution is 2.22. The monoisotopic (exact) mass is 321 g/mol. The number of anilines is 1. The lowest BCUT2D eigenvalue weighted by atomic mass is 10.0. The van der Waals surface area contributed by atoms with E-state index in [-0.39, 0.29) is 0 Å². The molecule has 0 bridgehead atoms. The van der Waals surface area contributed by atoms with E-state index in [1.165, 1.54) is 16.8 Å². The molecule has 0 saturated carbocycles. The lowest BCUT2D eigenvalue weighted by Gasteiger charge is -2.22. The Balaban J connectivity index is 2.00. The average Bonchev–Trinajstić information content (AvgIpc) is 2.58. The lowest BCUT2D eigenvalue weighted by Crippen LogP contribution is -2.23. The third kappa shape index (κ3) is 5.02. The van der Waals surface area contributed by atoms with Crippen LogP contribution in [0.4, 0.5) is 5.69 Å². The van der Waals surface area contributed by atoms with Gasteiger partial charge in [-0.2, -0.15) is 0 Å². The standard InChI is InChI=1S/C22H27NO/c1-4-14-23(15-5-2)21-11-7-9-19(17-21)8-6-10-20-16-18(3)12-13-22(20)24/h4-5,7,9,11-13,16-17,24H,1-2,6,8,10,14-15H2,3H3. The van der Waals surface area contributed by atoms with Crippen LogP contribution < -0.4 is 4.90 Å². The van der Waals surface area contributed by atoms with Crippen molar-refractivity contribution < 1.29 is 5.11 Å². The zero-order chi connectivity index (χ0) is 17.4. The number of benzene rings is 2. The Bertz CT molecular complexity index is 680. The molecule has 0 fully saturated rings. The predicted octanol–water partition coefficient (Wildman–Crippen LogP) is 5.05. The number of hydrogen-bond acceptors (Lipinski definition) is 2. The average molecular weight is 321 g/mol. The number of phenolic OH excluding ortho intramolecular Hbond substituents is 1. The van der Waals surface area contributed by atoms with Gasteiger partial charge in [-0.3, -0.25) is 0 Å². The van der Waals surface area contributed by atoms with Crippen molar-refractivity contribution in [1.82, 2.24) is 0 Å². The number of hydrogen-bond donors (Lipinski definition) is 1. The minimum atomic E-state index is 0.400. The van der Waals surface area contributed by atoms with Crippen LogP contribution >= 0.6 is 0 Å². The Labute approximate surface area is 145 Å². The van der Waals surface area contributed by atoms with Gasteiger partial charge in [0.2, 0.25) is 0 Å². The van der Waals surface area contributed by atoms with Crippen molar-refractivity contribution in [3.63, 3.8) is 0 Å². The van der Waals surface area contributed by atoms with Crippen molar-refractivity contribution >= 4 is 5.69 Å². The highest BCUT2D eigenvalue weighted by molar-refractivity contribution is 5.49. The minimum Gasteiger partial charge on any atom is -0.508 e. The quantitative estimate of drug-likeness (QED) is 0.653. The Hall–Kier alpha value is -2.48. The highest BCUT2D eigenvalue weighted by Gasteiger charge is 2.05. The second-order valence-electron chi connectivity index (χ2n) is 6.14. The third-order valence-electron chi connectivity index (χ3n) is 4.12. The minimum absolute atomic E-state index is 0.400. The molecule has 2 aromatic rings. The fourth-order valence-electron chi connectivity index (χ4n) is 2.90. The zero-order valence-electron chi connectivity index (χ0n) is 14.5. The molecule has 2 heteroatoms. The number of nitrogens with zero attached hydrogens (tertiary/aromatic N) is 1. The third-order valence-corrected chi connectivity index (χ3v) is 4.12. The van der Waals surface area contributed by atoms with Crippen molar-refractivity contribution in [3.05, 3.63) is 84.5 Å². The first-order valence-corrected chi connectivity index (χ1v) is 8.48. The summed E-state index contributed by atoms with van der Waals surface area (Å²) >= 11 is 0. The molecule has 0 radical (unpaired) electrons. The summed E-state index contributed by atoms with van der Waals surface area (Å²) in [6.45, 7) is 11.3. The molecule has 0 heterocycles. The van der Waals surface area contributed by atoms with Crippen LogP contribution in [0.2, 0.25) is 0 Å². The molecule has 0 aromatic heterocycles. The van der Waals surface area contributed by atoms with Gasteiger partial charge in [-0.1, -0.05) is 42.0 Å². The van der Waals surface area contributed by atoms with Crippen LogP contribution in [0.1, 0.15) is 23.1 Å². The largest absolute Gasteiger partial charge is 0.508 e. The van der Waals surface area contributed by atoms with E-state index in [2.05, 4.69) is 55.3 Å². The molecule has 2 aromatic carbocycles. The van der Waals surface area contributed by atoms with Gasteiger partial charge < -0.3 is 10.0 Å². The molecule has 2 nitrogen and oxygen atoms in total. The summed E-state index contributed by atoms with van der Waals surface area (Å²) in [6, 6.07) is 14.4. The summed E-state index contributed by atoms with van der Waals surface area (Å²) in [5.41, 5.74) is 4.74. The maximum Gasteiger partial charge on any atom is 0.118 e. The molecule has 0 aliphatic carbocycles. The molecule has 126 valence electrons. The van der Waals surface area contributed by atoms with Crippen LogP contribution in [0.15, 0.2) is 67.8 Å². The van der Waals surface area contributed by atoms with E-state index in [4.69, 9.17) is 0 Å². The Morgan fingerprint density at radius 2 is 1.75 bits per heavy atom. The predicted molar refractivity (Wildman–Crippen MR) is 104 cm³/mol. The van der Waals surface area contributed by atoms with Gasteiger partial charge in [0.25, 0.3) is 0 Å². The molecule has 0 saturated heterocycles. The van der Waals surface area contributed by atoms with Crippen LogP contribution in [-0.2, 0) is 12.8 Å². The molecule has 0 atom stereocenters. The van der Waals surface area contributed by atoms with Gasteiger partial charge in [0, 0.05) is 18.8 Å². The van der Waals surface area contributed by atoms with E-state index >= 15 is 0 Å². The van der Waals surface area contributed by atoms with E-state index in [1.54, 1.807) is 6.07 Å². The van der Waals surface area contributed by atoms with Gasteiger partial charge in [-0.25, -0.2) is 0 Å². The van der Waals surface area contributed by atoms with Gasteiger partial charge >= 0.3 is 0 Å². The van der Waals surface area contributed by atoms with E-state index in [0.29, 0.717) is 5.75 Å². The molecule has 0 aliphatic rings. The fraction of sp³-hybridized carbons (Fsp3) is 0.273. The fourth-order valence-corrected chi connectivity index (χ4v) is 2.90. The molecular formula is C22H27NO. The number of aromatic hydroxyl groups is 1. The van der Waals surface area contributed by atoms with Crippen LogP contribution in [-0.4, -0.2) is 18.2 Å². The number of aryl methyl sites for hydroxylation is 3. The molecule has 0 amide bonds. The summed E-state index contributed by atoms with van der Waals surface area (Å²) in [6.07, 6.45) is 6.73. The van der Waals surface area contributed by atoms with Gasteiger partial charge in [-0.15, -0.1) is 13.2 Å². The molecular weight excluding hydrogens is 294 g/mol. The van der Waals surface area contributed by atoms with Gasteiger partial charge in [0.15, 0.2) is 0 Å². The smallest absolute Gasteiger partial charge is 0.118 e. The summed E-state index contributed by atoms with van der Waals surface area (Å²) in [7, 11) is 0. The summed E-state index contributed by atoms with van der Waals surface area (Å²) < 4.78 is 0. The molecule has 0 aliphatic heterocycles. The molecule has 0 spiro atoms. The highest BCUT2D eigenvalue weighted by atomic mass is 16.3. The van der Waals surface area contributed by atoms with E-state index < -0.39 is 0 Å². The SMILES string of the molecule is C=CCN(CC=C)c1cccc(CCCc2cc(C)ccc2O)c1. The first-order valence-electron chi connectivity index (χ1n) is 8.48. The van der Waals surface area contributed by atoms with Crippen molar-refractivity contribution in [2.45, 2.75) is 26.2 Å². The summed E-state index contributed by atoms with van der Waals surface area (Å²) in [5.74, 6) is 0.400. The van der Waals surface area contributed by atoms with Gasteiger partial charge in [0.05, 0.1) is 0 Å². The second-order valence-corrected chi connectivity index (χ2v) is 6.14. The normalized spacial score (nSPS) is 10.4. The van der Waals surface area contributed by atoms with E-state index in [9.17, 15) is 5.11 Å². The maximum atomic E-state index is 9.94. The lowest BCUT2D eigenvalue weighted by molar-refractivity contribution is 0.467.